The molecule has 0 aliphatic carbocycles. The number of thiazole rings is 1. The summed E-state index contributed by atoms with van der Waals surface area (Å²) in [5.74, 6) is -0.365. The van der Waals surface area contributed by atoms with Crippen molar-refractivity contribution >= 4 is 27.3 Å². The Balaban J connectivity index is 2.21. The molecule has 0 saturated carbocycles. The number of hydrogen-bond donors (Lipinski definition) is 1. The highest BCUT2D eigenvalue weighted by Gasteiger charge is 2.15. The normalized spacial score (nSPS) is 12.7. The van der Waals surface area contributed by atoms with Crippen LogP contribution in [0.25, 0.3) is 0 Å². The fourth-order valence-electron chi connectivity index (χ4n) is 1.41. The Hall–Kier alpha value is -0.780. The highest BCUT2D eigenvalue weighted by Crippen LogP contribution is 2.28. The van der Waals surface area contributed by atoms with Crippen LogP contribution < -0.4 is 0 Å². The van der Waals surface area contributed by atoms with Crippen molar-refractivity contribution in [1.82, 2.24) is 4.98 Å². The van der Waals surface area contributed by atoms with Gasteiger partial charge in [-0.05, 0) is 27.6 Å². The Kier molecular flexibility index (Phi) is 3.68. The van der Waals surface area contributed by atoms with Crippen LogP contribution in [0.3, 0.4) is 0 Å². The van der Waals surface area contributed by atoms with Gasteiger partial charge < -0.3 is 5.11 Å². The van der Waals surface area contributed by atoms with E-state index in [1.165, 1.54) is 17.4 Å². The summed E-state index contributed by atoms with van der Waals surface area (Å²) >= 11 is 4.61. The van der Waals surface area contributed by atoms with E-state index in [0.29, 0.717) is 16.5 Å². The zero-order valence-corrected chi connectivity index (χ0v) is 10.6. The average molecular weight is 302 g/mol. The molecule has 1 atom stereocenters. The Labute approximate surface area is 105 Å². The zero-order valence-electron chi connectivity index (χ0n) is 8.23. The third kappa shape index (κ3) is 2.48. The van der Waals surface area contributed by atoms with Crippen LogP contribution in [0.5, 0.6) is 0 Å². The van der Waals surface area contributed by atoms with E-state index in [9.17, 15) is 9.50 Å². The van der Waals surface area contributed by atoms with Crippen molar-refractivity contribution in [2.24, 2.45) is 0 Å². The molecule has 0 fully saturated rings. The maximum Gasteiger partial charge on any atom is 0.137 e. The summed E-state index contributed by atoms with van der Waals surface area (Å²) in [7, 11) is 0. The van der Waals surface area contributed by atoms with Gasteiger partial charge in [-0.1, -0.05) is 12.1 Å². The largest absolute Gasteiger partial charge is 0.388 e. The second-order valence-electron chi connectivity index (χ2n) is 3.29. The Morgan fingerprint density at radius 3 is 3.00 bits per heavy atom. The summed E-state index contributed by atoms with van der Waals surface area (Å²) in [6.07, 6.45) is 1.35. The molecule has 0 spiro atoms. The quantitative estimate of drug-likeness (QED) is 0.943. The molecule has 2 rings (SSSR count). The van der Waals surface area contributed by atoms with Crippen LogP contribution in [0, 0.1) is 5.82 Å². The average Bonchev–Trinajstić information content (AvgIpc) is 2.74. The van der Waals surface area contributed by atoms with E-state index in [1.807, 2.05) is 5.38 Å². The van der Waals surface area contributed by atoms with Crippen LogP contribution in [0.15, 0.2) is 34.2 Å². The minimum absolute atomic E-state index is 0.319. The standard InChI is InChI=1S/C11H9BrFNOS/c12-11-7(2-1-3-8(11)13)9(15)6-10-14-4-5-16-10/h1-5,9,15H,6H2. The third-order valence-electron chi connectivity index (χ3n) is 2.19. The summed E-state index contributed by atoms with van der Waals surface area (Å²) in [6.45, 7) is 0. The van der Waals surface area contributed by atoms with Crippen molar-refractivity contribution < 1.29 is 9.50 Å². The molecule has 1 heterocycles. The molecule has 1 aromatic heterocycles. The molecule has 0 radical (unpaired) electrons. The first-order valence-electron chi connectivity index (χ1n) is 4.69. The third-order valence-corrected chi connectivity index (χ3v) is 3.83. The van der Waals surface area contributed by atoms with E-state index < -0.39 is 6.10 Å². The van der Waals surface area contributed by atoms with Crippen LogP contribution in [0.2, 0.25) is 0 Å². The van der Waals surface area contributed by atoms with Gasteiger partial charge in [0.2, 0.25) is 0 Å². The van der Waals surface area contributed by atoms with Gasteiger partial charge in [0.15, 0.2) is 0 Å². The summed E-state index contributed by atoms with van der Waals surface area (Å²) in [5.41, 5.74) is 0.551. The number of aliphatic hydroxyl groups excluding tert-OH is 1. The lowest BCUT2D eigenvalue weighted by Gasteiger charge is -2.11. The van der Waals surface area contributed by atoms with Gasteiger partial charge >= 0.3 is 0 Å². The molecule has 0 bridgehead atoms. The molecular weight excluding hydrogens is 293 g/mol. The highest BCUT2D eigenvalue weighted by molar-refractivity contribution is 9.10. The summed E-state index contributed by atoms with van der Waals surface area (Å²) < 4.78 is 13.6. The molecule has 0 saturated heterocycles. The van der Waals surface area contributed by atoms with Crippen molar-refractivity contribution in [2.45, 2.75) is 12.5 Å². The monoisotopic (exact) mass is 301 g/mol. The van der Waals surface area contributed by atoms with Crippen LogP contribution in [0.4, 0.5) is 4.39 Å². The molecule has 1 N–H and O–H groups in total. The summed E-state index contributed by atoms with van der Waals surface area (Å²) in [6, 6.07) is 4.63. The Bertz CT molecular complexity index is 475. The van der Waals surface area contributed by atoms with Gasteiger partial charge in [-0.15, -0.1) is 11.3 Å². The predicted molar refractivity (Wildman–Crippen MR) is 64.9 cm³/mol. The SMILES string of the molecule is OC(Cc1nccs1)c1cccc(F)c1Br. The van der Waals surface area contributed by atoms with E-state index in [0.717, 1.165) is 5.01 Å². The minimum Gasteiger partial charge on any atom is -0.388 e. The molecule has 5 heteroatoms. The van der Waals surface area contributed by atoms with Crippen LogP contribution in [-0.2, 0) is 6.42 Å². The van der Waals surface area contributed by atoms with Crippen LogP contribution in [-0.4, -0.2) is 10.1 Å². The summed E-state index contributed by atoms with van der Waals surface area (Å²) in [4.78, 5) is 4.08. The first-order valence-corrected chi connectivity index (χ1v) is 6.36. The topological polar surface area (TPSA) is 33.1 Å². The maximum atomic E-state index is 13.2. The van der Waals surface area contributed by atoms with Crippen molar-refractivity contribution in [2.75, 3.05) is 0 Å². The molecule has 16 heavy (non-hydrogen) atoms. The van der Waals surface area contributed by atoms with Crippen molar-refractivity contribution in [1.29, 1.82) is 0 Å². The fourth-order valence-corrected chi connectivity index (χ4v) is 2.59. The van der Waals surface area contributed by atoms with Crippen molar-refractivity contribution in [3.63, 3.8) is 0 Å². The number of aliphatic hydroxyl groups is 1. The van der Waals surface area contributed by atoms with Crippen LogP contribution >= 0.6 is 27.3 Å². The highest BCUT2D eigenvalue weighted by atomic mass is 79.9. The zero-order chi connectivity index (χ0) is 11.5. The summed E-state index contributed by atoms with van der Waals surface area (Å²) in [5, 5.41) is 12.7. The lowest BCUT2D eigenvalue weighted by Crippen LogP contribution is -2.03. The molecule has 0 aliphatic rings. The Morgan fingerprint density at radius 1 is 1.50 bits per heavy atom. The van der Waals surface area contributed by atoms with Crippen molar-refractivity contribution in [3.8, 4) is 0 Å². The first kappa shape index (κ1) is 11.7. The Morgan fingerprint density at radius 2 is 2.31 bits per heavy atom. The number of hydrogen-bond acceptors (Lipinski definition) is 3. The molecule has 2 nitrogen and oxygen atoms in total. The van der Waals surface area contributed by atoms with E-state index in [-0.39, 0.29) is 5.82 Å². The molecule has 0 aliphatic heterocycles. The van der Waals surface area contributed by atoms with Gasteiger partial charge in [-0.2, -0.15) is 0 Å². The maximum absolute atomic E-state index is 13.2. The number of rotatable bonds is 3. The minimum atomic E-state index is -0.740. The second-order valence-corrected chi connectivity index (χ2v) is 5.06. The molecule has 84 valence electrons. The van der Waals surface area contributed by atoms with Gasteiger partial charge in [-0.3, -0.25) is 0 Å². The van der Waals surface area contributed by atoms with Crippen molar-refractivity contribution in [3.05, 3.63) is 50.6 Å². The van der Waals surface area contributed by atoms with E-state index >= 15 is 0 Å². The van der Waals surface area contributed by atoms with E-state index in [4.69, 9.17) is 0 Å². The second kappa shape index (κ2) is 5.03. The number of nitrogens with zero attached hydrogens (tertiary/aromatic N) is 1. The van der Waals surface area contributed by atoms with E-state index in [2.05, 4.69) is 20.9 Å². The fraction of sp³-hybridized carbons (Fsp3) is 0.182. The lowest BCUT2D eigenvalue weighted by molar-refractivity contribution is 0.177. The van der Waals surface area contributed by atoms with Crippen LogP contribution in [0.1, 0.15) is 16.7 Å². The predicted octanol–water partition coefficient (Wildman–Crippen LogP) is 3.32. The molecule has 1 unspecified atom stereocenters. The molecule has 0 amide bonds. The first-order chi connectivity index (χ1) is 7.68. The van der Waals surface area contributed by atoms with Gasteiger partial charge in [-0.25, -0.2) is 9.37 Å². The molecular formula is C11H9BrFNOS. The lowest BCUT2D eigenvalue weighted by atomic mass is 10.1. The smallest absolute Gasteiger partial charge is 0.137 e. The number of benzene rings is 1. The number of aromatic nitrogens is 1. The van der Waals surface area contributed by atoms with Gasteiger partial charge in [0.25, 0.3) is 0 Å². The van der Waals surface area contributed by atoms with Gasteiger partial charge in [0.05, 0.1) is 15.6 Å². The van der Waals surface area contributed by atoms with Gasteiger partial charge in [0, 0.05) is 18.0 Å². The number of halogens is 2. The molecule has 1 aromatic carbocycles. The van der Waals surface area contributed by atoms with Gasteiger partial charge in [0.1, 0.15) is 5.82 Å². The molecule has 2 aromatic rings. The van der Waals surface area contributed by atoms with E-state index in [1.54, 1.807) is 18.3 Å².